The Morgan fingerprint density at radius 2 is 2.05 bits per heavy atom. The molecule has 1 heterocycles. The Hall–Kier alpha value is -1.65. The van der Waals surface area contributed by atoms with E-state index in [-0.39, 0.29) is 6.61 Å². The summed E-state index contributed by atoms with van der Waals surface area (Å²) in [5.74, 6) is 0.532. The van der Waals surface area contributed by atoms with Crippen molar-refractivity contribution in [3.63, 3.8) is 0 Å². The number of aliphatic hydroxyl groups is 3. The number of nitrogens with zero attached hydrogens (tertiary/aromatic N) is 2. The van der Waals surface area contributed by atoms with Crippen LogP contribution in [0.1, 0.15) is 5.56 Å². The third-order valence-corrected chi connectivity index (χ3v) is 3.21. The molecule has 1 aromatic carbocycles. The van der Waals surface area contributed by atoms with Gasteiger partial charge in [0, 0.05) is 19.6 Å². The number of aliphatic hydroxyl groups excluding tert-OH is 3. The predicted octanol–water partition coefficient (Wildman–Crippen LogP) is -0.665. The second-order valence-corrected chi connectivity index (χ2v) is 4.96. The van der Waals surface area contributed by atoms with Gasteiger partial charge in [-0.1, -0.05) is 6.07 Å². The van der Waals surface area contributed by atoms with E-state index in [1.54, 1.807) is 29.2 Å². The van der Waals surface area contributed by atoms with Gasteiger partial charge in [0.2, 0.25) is 0 Å². The molecule has 0 bridgehead atoms. The molecule has 1 saturated heterocycles. The van der Waals surface area contributed by atoms with Crippen molar-refractivity contribution in [2.24, 2.45) is 0 Å². The minimum absolute atomic E-state index is 0.0948. The molecule has 6 nitrogen and oxygen atoms in total. The average Bonchev–Trinajstić information content (AvgIpc) is 2.75. The predicted molar refractivity (Wildman–Crippen MR) is 71.1 cm³/mol. The first kappa shape index (κ1) is 14.8. The van der Waals surface area contributed by atoms with E-state index in [1.807, 2.05) is 6.07 Å². The molecule has 0 saturated carbocycles. The standard InChI is InChI=1S/C14H18N2O4/c15-5-10-2-1-3-12(4-10)20-9-11(17)6-16-7-13(18)14(19)8-16/h1-4,11,13-14,17-19H,6-9H2. The smallest absolute Gasteiger partial charge is 0.120 e. The van der Waals surface area contributed by atoms with Gasteiger partial charge in [-0.15, -0.1) is 0 Å². The Bertz CT molecular complexity index is 478. The number of β-amino-alcohol motifs (C(OH)–C–C–N with tert-alkyl or cyclic N) is 3. The number of rotatable bonds is 5. The summed E-state index contributed by atoms with van der Waals surface area (Å²) in [7, 11) is 0. The molecule has 3 atom stereocenters. The van der Waals surface area contributed by atoms with Gasteiger partial charge in [0.25, 0.3) is 0 Å². The first-order valence-electron chi connectivity index (χ1n) is 6.48. The summed E-state index contributed by atoms with van der Waals surface area (Å²) in [5.41, 5.74) is 0.503. The number of benzene rings is 1. The maximum Gasteiger partial charge on any atom is 0.120 e. The number of ether oxygens (including phenoxy) is 1. The van der Waals surface area contributed by atoms with E-state index < -0.39 is 18.3 Å². The molecule has 3 unspecified atom stereocenters. The quantitative estimate of drug-likeness (QED) is 0.661. The van der Waals surface area contributed by atoms with Crippen molar-refractivity contribution in [2.75, 3.05) is 26.2 Å². The fourth-order valence-electron chi connectivity index (χ4n) is 2.19. The molecule has 0 aliphatic carbocycles. The molecule has 1 aromatic rings. The maximum absolute atomic E-state index is 9.87. The Morgan fingerprint density at radius 3 is 2.70 bits per heavy atom. The molecule has 108 valence electrons. The first-order chi connectivity index (χ1) is 9.58. The zero-order chi connectivity index (χ0) is 14.5. The summed E-state index contributed by atoms with van der Waals surface area (Å²) in [5, 5.41) is 37.5. The summed E-state index contributed by atoms with van der Waals surface area (Å²) >= 11 is 0. The molecule has 1 fully saturated rings. The van der Waals surface area contributed by atoms with Crippen LogP contribution in [-0.2, 0) is 0 Å². The van der Waals surface area contributed by atoms with Gasteiger partial charge >= 0.3 is 0 Å². The van der Waals surface area contributed by atoms with Gasteiger partial charge in [0.15, 0.2) is 0 Å². The normalized spacial score (nSPS) is 24.3. The highest BCUT2D eigenvalue weighted by Gasteiger charge is 2.30. The first-order valence-corrected chi connectivity index (χ1v) is 6.48. The van der Waals surface area contributed by atoms with Crippen LogP contribution in [-0.4, -0.2) is 64.8 Å². The van der Waals surface area contributed by atoms with Gasteiger partial charge in [-0.3, -0.25) is 4.90 Å². The SMILES string of the molecule is N#Cc1cccc(OCC(O)CN2CC(O)C(O)C2)c1. The largest absolute Gasteiger partial charge is 0.491 e. The molecule has 0 aromatic heterocycles. The van der Waals surface area contributed by atoms with Gasteiger partial charge in [-0.2, -0.15) is 5.26 Å². The molecule has 20 heavy (non-hydrogen) atoms. The molecular formula is C14H18N2O4. The van der Waals surface area contributed by atoms with E-state index >= 15 is 0 Å². The van der Waals surface area contributed by atoms with Crippen LogP contribution in [0.5, 0.6) is 5.75 Å². The maximum atomic E-state index is 9.87. The molecule has 2 rings (SSSR count). The van der Waals surface area contributed by atoms with E-state index in [0.29, 0.717) is 30.9 Å². The van der Waals surface area contributed by atoms with E-state index in [9.17, 15) is 15.3 Å². The molecule has 1 aliphatic rings. The van der Waals surface area contributed by atoms with E-state index in [1.165, 1.54) is 0 Å². The summed E-state index contributed by atoms with van der Waals surface area (Å²) in [6.45, 7) is 1.12. The molecule has 0 radical (unpaired) electrons. The number of likely N-dealkylation sites (tertiary alicyclic amines) is 1. The zero-order valence-corrected chi connectivity index (χ0v) is 11.0. The van der Waals surface area contributed by atoms with Gasteiger partial charge in [0.1, 0.15) is 18.5 Å². The summed E-state index contributed by atoms with van der Waals surface area (Å²) < 4.78 is 5.42. The highest BCUT2D eigenvalue weighted by Crippen LogP contribution is 2.14. The number of nitriles is 1. The molecule has 1 aliphatic heterocycles. The van der Waals surface area contributed by atoms with Crippen LogP contribution in [0.3, 0.4) is 0 Å². The van der Waals surface area contributed by atoms with E-state index in [0.717, 1.165) is 0 Å². The summed E-state index contributed by atoms with van der Waals surface area (Å²) in [6.07, 6.45) is -2.23. The Morgan fingerprint density at radius 1 is 1.35 bits per heavy atom. The summed E-state index contributed by atoms with van der Waals surface area (Å²) in [4.78, 5) is 1.79. The van der Waals surface area contributed by atoms with Crippen molar-refractivity contribution in [1.29, 1.82) is 5.26 Å². The van der Waals surface area contributed by atoms with Crippen LogP contribution < -0.4 is 4.74 Å². The molecular weight excluding hydrogens is 260 g/mol. The van der Waals surface area contributed by atoms with Crippen LogP contribution in [0.15, 0.2) is 24.3 Å². The molecule has 0 spiro atoms. The number of hydrogen-bond acceptors (Lipinski definition) is 6. The van der Waals surface area contributed by atoms with Crippen molar-refractivity contribution in [3.8, 4) is 11.8 Å². The third kappa shape index (κ3) is 3.92. The van der Waals surface area contributed by atoms with Crippen LogP contribution >= 0.6 is 0 Å². The van der Waals surface area contributed by atoms with Gasteiger partial charge in [0.05, 0.1) is 23.8 Å². The van der Waals surface area contributed by atoms with Crippen LogP contribution in [0.25, 0.3) is 0 Å². The van der Waals surface area contributed by atoms with Crippen molar-refractivity contribution in [3.05, 3.63) is 29.8 Å². The van der Waals surface area contributed by atoms with Crippen molar-refractivity contribution < 1.29 is 20.1 Å². The Kier molecular flexibility index (Phi) is 4.93. The van der Waals surface area contributed by atoms with Crippen LogP contribution in [0, 0.1) is 11.3 Å². The average molecular weight is 278 g/mol. The zero-order valence-electron chi connectivity index (χ0n) is 11.0. The minimum Gasteiger partial charge on any atom is -0.491 e. The Labute approximate surface area is 117 Å². The van der Waals surface area contributed by atoms with E-state index in [2.05, 4.69) is 0 Å². The fourth-order valence-corrected chi connectivity index (χ4v) is 2.19. The van der Waals surface area contributed by atoms with Gasteiger partial charge < -0.3 is 20.1 Å². The monoisotopic (exact) mass is 278 g/mol. The van der Waals surface area contributed by atoms with Crippen molar-refractivity contribution in [2.45, 2.75) is 18.3 Å². The summed E-state index contributed by atoms with van der Waals surface area (Å²) in [6, 6.07) is 8.74. The lowest BCUT2D eigenvalue weighted by atomic mass is 10.2. The molecule has 3 N–H and O–H groups in total. The molecule has 0 amide bonds. The second kappa shape index (κ2) is 6.68. The third-order valence-electron chi connectivity index (χ3n) is 3.21. The lowest BCUT2D eigenvalue weighted by Crippen LogP contribution is -2.35. The van der Waals surface area contributed by atoms with E-state index in [4.69, 9.17) is 10.00 Å². The lowest BCUT2D eigenvalue weighted by Gasteiger charge is -2.19. The van der Waals surface area contributed by atoms with Crippen molar-refractivity contribution in [1.82, 2.24) is 4.90 Å². The van der Waals surface area contributed by atoms with Gasteiger partial charge in [-0.25, -0.2) is 0 Å². The minimum atomic E-state index is -0.754. The molecule has 6 heteroatoms. The Balaban J connectivity index is 1.78. The second-order valence-electron chi connectivity index (χ2n) is 4.96. The highest BCUT2D eigenvalue weighted by atomic mass is 16.5. The fraction of sp³-hybridized carbons (Fsp3) is 0.500. The van der Waals surface area contributed by atoms with Crippen LogP contribution in [0.4, 0.5) is 0 Å². The van der Waals surface area contributed by atoms with Gasteiger partial charge in [-0.05, 0) is 18.2 Å². The van der Waals surface area contributed by atoms with Crippen LogP contribution in [0.2, 0.25) is 0 Å². The topological polar surface area (TPSA) is 97.0 Å². The van der Waals surface area contributed by atoms with Crippen molar-refractivity contribution >= 4 is 0 Å². The highest BCUT2D eigenvalue weighted by molar-refractivity contribution is 5.36. The number of hydrogen-bond donors (Lipinski definition) is 3. The lowest BCUT2D eigenvalue weighted by molar-refractivity contribution is 0.0572.